The van der Waals surface area contributed by atoms with Gasteiger partial charge < -0.3 is 9.88 Å². The van der Waals surface area contributed by atoms with Gasteiger partial charge in [-0.25, -0.2) is 9.78 Å². The van der Waals surface area contributed by atoms with E-state index in [9.17, 15) is 19.7 Å². The van der Waals surface area contributed by atoms with Crippen LogP contribution < -0.4 is 5.32 Å². The Morgan fingerprint density at radius 3 is 2.68 bits per heavy atom. The van der Waals surface area contributed by atoms with Gasteiger partial charge >= 0.3 is 6.03 Å². The average Bonchev–Trinajstić information content (AvgIpc) is 3.11. The van der Waals surface area contributed by atoms with Gasteiger partial charge in [0.25, 0.3) is 11.6 Å². The minimum absolute atomic E-state index is 0.0442. The second kappa shape index (κ2) is 8.27. The minimum atomic E-state index is -0.716. The van der Waals surface area contributed by atoms with Crippen molar-refractivity contribution in [2.24, 2.45) is 0 Å². The van der Waals surface area contributed by atoms with E-state index in [1.807, 2.05) is 0 Å². The number of benzene rings is 2. The number of aromatic nitrogens is 2. The Bertz CT molecular complexity index is 1020. The van der Waals surface area contributed by atoms with Gasteiger partial charge in [0, 0.05) is 30.8 Å². The molecule has 1 N–H and O–H groups in total. The monoisotopic (exact) mass is 383 g/mol. The molecule has 0 atom stereocenters. The Morgan fingerprint density at radius 2 is 2.00 bits per heavy atom. The largest absolute Gasteiger partial charge is 0.349 e. The fraction of sp³-hybridized carbons (Fsp3) is 0.167. The highest BCUT2D eigenvalue weighted by Crippen LogP contribution is 2.19. The molecule has 0 fully saturated rings. The van der Waals surface area contributed by atoms with Gasteiger partial charge in [0.2, 0.25) is 0 Å². The average molecular weight is 383 g/mol. The molecule has 0 saturated heterocycles. The Morgan fingerprint density at radius 1 is 1.25 bits per heavy atom. The van der Waals surface area contributed by atoms with Crippen LogP contribution in [0, 0.1) is 10.1 Å². The third kappa shape index (κ3) is 3.96. The van der Waals surface area contributed by atoms with Crippen LogP contribution in [-0.2, 0) is 11.4 Å². The number of nitrogens with zero attached hydrogens (tertiary/aromatic N) is 4. The molecule has 2 aromatic carbocycles. The van der Waals surface area contributed by atoms with Crippen LogP contribution in [0.15, 0.2) is 54.9 Å². The standard InChI is InChI=1S/C18H17N5O5/c1-28-22(17(24)13-5-3-2-4-6-13)18(25)19-9-10-21-12-20-15-8-7-14(23(26)27)11-16(15)21/h2-8,11-12H,9-10H2,1H3,(H,19,25). The third-order valence-corrected chi connectivity index (χ3v) is 4.02. The molecule has 0 aliphatic heterocycles. The van der Waals surface area contributed by atoms with Crippen molar-refractivity contribution in [2.75, 3.05) is 13.7 Å². The summed E-state index contributed by atoms with van der Waals surface area (Å²) >= 11 is 0. The number of non-ortho nitro benzene ring substituents is 1. The van der Waals surface area contributed by atoms with Crippen LogP contribution in [0.5, 0.6) is 0 Å². The van der Waals surface area contributed by atoms with Crippen LogP contribution in [-0.4, -0.2) is 45.1 Å². The molecule has 0 radical (unpaired) electrons. The number of amides is 3. The normalized spacial score (nSPS) is 10.6. The number of hydroxylamine groups is 2. The zero-order valence-corrected chi connectivity index (χ0v) is 14.9. The second-order valence-corrected chi connectivity index (χ2v) is 5.75. The molecule has 1 heterocycles. The van der Waals surface area contributed by atoms with E-state index in [1.165, 1.54) is 25.6 Å². The highest BCUT2D eigenvalue weighted by atomic mass is 16.7. The van der Waals surface area contributed by atoms with Gasteiger partial charge in [0.1, 0.15) is 0 Å². The van der Waals surface area contributed by atoms with Crippen LogP contribution in [0.3, 0.4) is 0 Å². The number of urea groups is 1. The van der Waals surface area contributed by atoms with E-state index in [2.05, 4.69) is 10.3 Å². The summed E-state index contributed by atoms with van der Waals surface area (Å²) in [5, 5.41) is 14.2. The molecule has 1 aromatic heterocycles. The van der Waals surface area contributed by atoms with Gasteiger partial charge in [0.15, 0.2) is 0 Å². The summed E-state index contributed by atoms with van der Waals surface area (Å²) in [5.74, 6) is -0.593. The first kappa shape index (κ1) is 19.0. The number of rotatable bonds is 6. The Kier molecular flexibility index (Phi) is 5.61. The Balaban J connectivity index is 1.64. The number of hydrogen-bond donors (Lipinski definition) is 1. The van der Waals surface area contributed by atoms with Gasteiger partial charge in [-0.05, 0) is 18.2 Å². The lowest BCUT2D eigenvalue weighted by atomic mass is 10.2. The molecule has 28 heavy (non-hydrogen) atoms. The van der Waals surface area contributed by atoms with E-state index < -0.39 is 16.9 Å². The van der Waals surface area contributed by atoms with Crippen molar-refractivity contribution in [1.29, 1.82) is 0 Å². The van der Waals surface area contributed by atoms with Crippen LogP contribution in [0.25, 0.3) is 11.0 Å². The first-order valence-electron chi connectivity index (χ1n) is 8.32. The number of nitrogens with one attached hydrogen (secondary N) is 1. The van der Waals surface area contributed by atoms with Gasteiger partial charge in [0.05, 0.1) is 29.4 Å². The molecule has 0 bridgehead atoms. The van der Waals surface area contributed by atoms with E-state index >= 15 is 0 Å². The zero-order chi connectivity index (χ0) is 20.1. The van der Waals surface area contributed by atoms with Gasteiger partial charge in [-0.2, -0.15) is 0 Å². The SMILES string of the molecule is CON(C(=O)NCCn1cnc2ccc([N+](=O)[O-])cc21)C(=O)c1ccccc1. The highest BCUT2D eigenvalue weighted by molar-refractivity contribution is 6.03. The molecule has 0 unspecified atom stereocenters. The molecule has 10 heteroatoms. The summed E-state index contributed by atoms with van der Waals surface area (Å²) in [6, 6.07) is 11.9. The predicted octanol–water partition coefficient (Wildman–Crippen LogP) is 2.36. The van der Waals surface area contributed by atoms with Gasteiger partial charge in [-0.3, -0.25) is 19.7 Å². The summed E-state index contributed by atoms with van der Waals surface area (Å²) in [7, 11) is 1.23. The molecule has 3 amide bonds. The lowest BCUT2D eigenvalue weighted by Crippen LogP contribution is -2.44. The maximum absolute atomic E-state index is 12.3. The summed E-state index contributed by atoms with van der Waals surface area (Å²) in [6.45, 7) is 0.468. The molecule has 3 rings (SSSR count). The van der Waals surface area contributed by atoms with Crippen molar-refractivity contribution in [3.63, 3.8) is 0 Å². The van der Waals surface area contributed by atoms with Crippen molar-refractivity contribution in [3.8, 4) is 0 Å². The van der Waals surface area contributed by atoms with E-state index in [0.717, 1.165) is 0 Å². The lowest BCUT2D eigenvalue weighted by molar-refractivity contribution is -0.384. The summed E-state index contributed by atoms with van der Waals surface area (Å²) in [5.41, 5.74) is 1.45. The minimum Gasteiger partial charge on any atom is -0.334 e. The number of carbonyl (C=O) groups excluding carboxylic acids is 2. The smallest absolute Gasteiger partial charge is 0.334 e. The van der Waals surface area contributed by atoms with Gasteiger partial charge in [-0.1, -0.05) is 18.2 Å². The quantitative estimate of drug-likeness (QED) is 0.515. The number of fused-ring (bicyclic) bond motifs is 1. The lowest BCUT2D eigenvalue weighted by Gasteiger charge is -2.18. The topological polar surface area (TPSA) is 120 Å². The first-order chi connectivity index (χ1) is 13.5. The molecular weight excluding hydrogens is 366 g/mol. The number of imidazole rings is 1. The Hall–Kier alpha value is -3.79. The van der Waals surface area contributed by atoms with Crippen LogP contribution in [0.2, 0.25) is 0 Å². The number of nitro groups is 1. The van der Waals surface area contributed by atoms with Crippen LogP contribution >= 0.6 is 0 Å². The maximum Gasteiger partial charge on any atom is 0.349 e. The van der Waals surface area contributed by atoms with Crippen molar-refractivity contribution >= 4 is 28.7 Å². The van der Waals surface area contributed by atoms with Crippen molar-refractivity contribution in [3.05, 3.63) is 70.5 Å². The number of carbonyl (C=O) groups is 2. The van der Waals surface area contributed by atoms with E-state index in [4.69, 9.17) is 4.84 Å². The number of hydrogen-bond acceptors (Lipinski definition) is 6. The summed E-state index contributed by atoms with van der Waals surface area (Å²) in [4.78, 5) is 44.2. The first-order valence-corrected chi connectivity index (χ1v) is 8.32. The van der Waals surface area contributed by atoms with Crippen molar-refractivity contribution in [1.82, 2.24) is 19.9 Å². The molecule has 0 spiro atoms. The summed E-state index contributed by atoms with van der Waals surface area (Å²) in [6.07, 6.45) is 1.53. The fourth-order valence-corrected chi connectivity index (χ4v) is 2.65. The number of imide groups is 1. The third-order valence-electron chi connectivity index (χ3n) is 4.02. The van der Waals surface area contributed by atoms with E-state index in [0.29, 0.717) is 28.2 Å². The number of nitro benzene ring substituents is 1. The van der Waals surface area contributed by atoms with Crippen molar-refractivity contribution in [2.45, 2.75) is 6.54 Å². The molecular formula is C18H17N5O5. The molecule has 144 valence electrons. The van der Waals surface area contributed by atoms with Crippen LogP contribution in [0.1, 0.15) is 10.4 Å². The molecule has 0 aliphatic rings. The molecule has 3 aromatic rings. The van der Waals surface area contributed by atoms with E-state index in [1.54, 1.807) is 41.0 Å². The van der Waals surface area contributed by atoms with Crippen LogP contribution in [0.4, 0.5) is 10.5 Å². The predicted molar refractivity (Wildman–Crippen MR) is 99.4 cm³/mol. The summed E-state index contributed by atoms with van der Waals surface area (Å²) < 4.78 is 1.68. The van der Waals surface area contributed by atoms with Crippen molar-refractivity contribution < 1.29 is 19.3 Å². The Labute approximate surface area is 159 Å². The zero-order valence-electron chi connectivity index (χ0n) is 14.9. The fourth-order valence-electron chi connectivity index (χ4n) is 2.65. The van der Waals surface area contributed by atoms with Gasteiger partial charge in [-0.15, -0.1) is 5.06 Å². The molecule has 0 aliphatic carbocycles. The second-order valence-electron chi connectivity index (χ2n) is 5.75. The maximum atomic E-state index is 12.3. The van der Waals surface area contributed by atoms with E-state index in [-0.39, 0.29) is 12.2 Å². The molecule has 0 saturated carbocycles. The highest BCUT2D eigenvalue weighted by Gasteiger charge is 2.22. The molecule has 10 nitrogen and oxygen atoms in total.